The summed E-state index contributed by atoms with van der Waals surface area (Å²) in [6.45, 7) is 4.67. The van der Waals surface area contributed by atoms with Crippen LogP contribution in [0.25, 0.3) is 0 Å². The van der Waals surface area contributed by atoms with Crippen molar-refractivity contribution >= 4 is 23.2 Å². The van der Waals surface area contributed by atoms with Crippen LogP contribution in [-0.4, -0.2) is 25.5 Å². The van der Waals surface area contributed by atoms with Crippen LogP contribution in [0.1, 0.15) is 38.2 Å². The Hall–Kier alpha value is -2.82. The van der Waals surface area contributed by atoms with Gasteiger partial charge in [-0.15, -0.1) is 0 Å². The van der Waals surface area contributed by atoms with E-state index in [2.05, 4.69) is 19.2 Å². The Morgan fingerprint density at radius 2 is 1.93 bits per heavy atom. The molecular formula is C22H26N2O3. The highest BCUT2D eigenvalue weighted by Gasteiger charge is 2.35. The molecule has 2 amide bonds. The zero-order valence-electron chi connectivity index (χ0n) is 16.1. The van der Waals surface area contributed by atoms with Crippen LogP contribution < -0.4 is 15.0 Å². The van der Waals surface area contributed by atoms with Crippen LogP contribution in [0, 0.1) is 5.92 Å². The van der Waals surface area contributed by atoms with Gasteiger partial charge >= 0.3 is 0 Å². The van der Waals surface area contributed by atoms with E-state index >= 15 is 0 Å². The summed E-state index contributed by atoms with van der Waals surface area (Å²) in [5.74, 6) is 0.610. The Balaban J connectivity index is 1.71. The largest absolute Gasteiger partial charge is 0.497 e. The number of nitrogens with one attached hydrogen (secondary N) is 1. The third-order valence-corrected chi connectivity index (χ3v) is 5.24. The number of rotatable bonds is 6. The normalized spacial score (nSPS) is 17.7. The molecule has 27 heavy (non-hydrogen) atoms. The van der Waals surface area contributed by atoms with Crippen molar-refractivity contribution in [1.82, 2.24) is 0 Å². The van der Waals surface area contributed by atoms with Crippen LogP contribution in [0.3, 0.4) is 0 Å². The van der Waals surface area contributed by atoms with Crippen LogP contribution in [0.15, 0.2) is 48.5 Å². The summed E-state index contributed by atoms with van der Waals surface area (Å²) in [5.41, 5.74) is 2.76. The SMILES string of the molecule is CC[C@@H](C)c1ccccc1NC(=O)[C@@H]1CC(=O)N(c2ccc(OC)cc2)C1. The monoisotopic (exact) mass is 366 g/mol. The van der Waals surface area contributed by atoms with Crippen molar-refractivity contribution in [3.8, 4) is 5.75 Å². The van der Waals surface area contributed by atoms with E-state index in [1.54, 1.807) is 12.0 Å². The highest BCUT2D eigenvalue weighted by Crippen LogP contribution is 2.30. The minimum atomic E-state index is -0.357. The number of ether oxygens (including phenoxy) is 1. The van der Waals surface area contributed by atoms with Gasteiger partial charge in [0, 0.05) is 24.3 Å². The number of nitrogens with zero attached hydrogens (tertiary/aromatic N) is 1. The number of para-hydroxylation sites is 1. The zero-order chi connectivity index (χ0) is 19.4. The van der Waals surface area contributed by atoms with E-state index in [0.717, 1.165) is 29.1 Å². The molecule has 0 bridgehead atoms. The van der Waals surface area contributed by atoms with Crippen molar-refractivity contribution in [3.05, 3.63) is 54.1 Å². The standard InChI is InChI=1S/C22H26N2O3/c1-4-15(2)19-7-5-6-8-20(19)23-22(26)16-13-21(25)24(14-16)17-9-11-18(27-3)12-10-17/h5-12,15-16H,4,13-14H2,1-3H3,(H,23,26)/t15-,16-/m1/s1. The number of anilines is 2. The van der Waals surface area contributed by atoms with E-state index in [1.807, 2.05) is 48.5 Å². The summed E-state index contributed by atoms with van der Waals surface area (Å²) < 4.78 is 5.16. The lowest BCUT2D eigenvalue weighted by atomic mass is 9.96. The molecule has 1 fully saturated rings. The molecule has 0 saturated carbocycles. The van der Waals surface area contributed by atoms with Gasteiger partial charge in [0.25, 0.3) is 0 Å². The molecule has 1 N–H and O–H groups in total. The van der Waals surface area contributed by atoms with Gasteiger partial charge in [-0.3, -0.25) is 9.59 Å². The molecule has 0 spiro atoms. The Labute approximate surface area is 160 Å². The number of carbonyl (C=O) groups is 2. The predicted octanol–water partition coefficient (Wildman–Crippen LogP) is 4.20. The molecule has 1 heterocycles. The maximum absolute atomic E-state index is 12.8. The molecule has 1 aliphatic heterocycles. The van der Waals surface area contributed by atoms with Crippen molar-refractivity contribution < 1.29 is 14.3 Å². The van der Waals surface area contributed by atoms with Gasteiger partial charge in [0.2, 0.25) is 11.8 Å². The second-order valence-corrected chi connectivity index (χ2v) is 6.99. The number of carbonyl (C=O) groups excluding carboxylic acids is 2. The molecule has 5 heteroatoms. The number of amides is 2. The molecule has 5 nitrogen and oxygen atoms in total. The lowest BCUT2D eigenvalue weighted by molar-refractivity contribution is -0.122. The molecule has 2 aromatic rings. The van der Waals surface area contributed by atoms with E-state index in [0.29, 0.717) is 12.5 Å². The summed E-state index contributed by atoms with van der Waals surface area (Å²) >= 11 is 0. The summed E-state index contributed by atoms with van der Waals surface area (Å²) in [5, 5.41) is 3.04. The minimum absolute atomic E-state index is 0.0319. The topological polar surface area (TPSA) is 58.6 Å². The smallest absolute Gasteiger partial charge is 0.229 e. The third kappa shape index (κ3) is 4.13. The molecule has 2 atom stereocenters. The second kappa shape index (κ2) is 8.25. The Kier molecular flexibility index (Phi) is 5.79. The van der Waals surface area contributed by atoms with Gasteiger partial charge in [-0.25, -0.2) is 0 Å². The van der Waals surface area contributed by atoms with Crippen molar-refractivity contribution in [2.24, 2.45) is 5.92 Å². The van der Waals surface area contributed by atoms with Gasteiger partial charge in [0.15, 0.2) is 0 Å². The van der Waals surface area contributed by atoms with Gasteiger partial charge in [0.1, 0.15) is 5.75 Å². The zero-order valence-corrected chi connectivity index (χ0v) is 16.1. The van der Waals surface area contributed by atoms with Crippen LogP contribution in [0.2, 0.25) is 0 Å². The summed E-state index contributed by atoms with van der Waals surface area (Å²) in [7, 11) is 1.60. The fraction of sp³-hybridized carbons (Fsp3) is 0.364. The highest BCUT2D eigenvalue weighted by atomic mass is 16.5. The highest BCUT2D eigenvalue weighted by molar-refractivity contribution is 6.03. The number of methoxy groups -OCH3 is 1. The van der Waals surface area contributed by atoms with Crippen molar-refractivity contribution in [1.29, 1.82) is 0 Å². The van der Waals surface area contributed by atoms with E-state index < -0.39 is 0 Å². The Morgan fingerprint density at radius 3 is 2.59 bits per heavy atom. The summed E-state index contributed by atoms with van der Waals surface area (Å²) in [4.78, 5) is 26.9. The first-order valence-electron chi connectivity index (χ1n) is 9.37. The molecule has 0 radical (unpaired) electrons. The van der Waals surface area contributed by atoms with E-state index in [-0.39, 0.29) is 24.2 Å². The van der Waals surface area contributed by atoms with Gasteiger partial charge in [0.05, 0.1) is 13.0 Å². The van der Waals surface area contributed by atoms with Crippen molar-refractivity contribution in [2.45, 2.75) is 32.6 Å². The average molecular weight is 366 g/mol. The first-order chi connectivity index (χ1) is 13.0. The number of benzene rings is 2. The minimum Gasteiger partial charge on any atom is -0.497 e. The molecule has 1 aliphatic rings. The van der Waals surface area contributed by atoms with Gasteiger partial charge in [-0.2, -0.15) is 0 Å². The number of hydrogen-bond acceptors (Lipinski definition) is 3. The van der Waals surface area contributed by atoms with E-state index in [4.69, 9.17) is 4.74 Å². The lowest BCUT2D eigenvalue weighted by Gasteiger charge is -2.18. The molecule has 142 valence electrons. The fourth-order valence-electron chi connectivity index (χ4n) is 3.39. The predicted molar refractivity (Wildman–Crippen MR) is 107 cm³/mol. The Bertz CT molecular complexity index is 817. The molecule has 3 rings (SSSR count). The number of hydrogen-bond donors (Lipinski definition) is 1. The van der Waals surface area contributed by atoms with Gasteiger partial charge in [-0.05, 0) is 48.2 Å². The maximum atomic E-state index is 12.8. The van der Waals surface area contributed by atoms with Crippen LogP contribution >= 0.6 is 0 Å². The Morgan fingerprint density at radius 1 is 1.22 bits per heavy atom. The summed E-state index contributed by atoms with van der Waals surface area (Å²) in [6, 6.07) is 15.2. The molecular weight excluding hydrogens is 340 g/mol. The van der Waals surface area contributed by atoms with E-state index in [9.17, 15) is 9.59 Å². The third-order valence-electron chi connectivity index (χ3n) is 5.24. The molecule has 0 unspecified atom stereocenters. The van der Waals surface area contributed by atoms with Crippen molar-refractivity contribution in [3.63, 3.8) is 0 Å². The molecule has 1 saturated heterocycles. The van der Waals surface area contributed by atoms with Gasteiger partial charge < -0.3 is 15.0 Å². The molecule has 2 aromatic carbocycles. The van der Waals surface area contributed by atoms with Crippen LogP contribution in [0.5, 0.6) is 5.75 Å². The quantitative estimate of drug-likeness (QED) is 0.833. The average Bonchev–Trinajstić information content (AvgIpc) is 3.09. The fourth-order valence-corrected chi connectivity index (χ4v) is 3.39. The molecule has 0 aromatic heterocycles. The van der Waals surface area contributed by atoms with Gasteiger partial charge in [-0.1, -0.05) is 32.0 Å². The van der Waals surface area contributed by atoms with Crippen molar-refractivity contribution in [2.75, 3.05) is 23.9 Å². The maximum Gasteiger partial charge on any atom is 0.229 e. The van der Waals surface area contributed by atoms with E-state index in [1.165, 1.54) is 0 Å². The van der Waals surface area contributed by atoms with Crippen LogP contribution in [-0.2, 0) is 9.59 Å². The first-order valence-corrected chi connectivity index (χ1v) is 9.37. The summed E-state index contributed by atoms with van der Waals surface area (Å²) in [6.07, 6.45) is 1.23. The van der Waals surface area contributed by atoms with Crippen LogP contribution in [0.4, 0.5) is 11.4 Å². The molecule has 0 aliphatic carbocycles. The second-order valence-electron chi connectivity index (χ2n) is 6.99. The lowest BCUT2D eigenvalue weighted by Crippen LogP contribution is -2.28. The first kappa shape index (κ1) is 19.0.